The van der Waals surface area contributed by atoms with Gasteiger partial charge in [-0.2, -0.15) is 0 Å². The van der Waals surface area contributed by atoms with Gasteiger partial charge in [0.05, 0.1) is 10.7 Å². The van der Waals surface area contributed by atoms with Crippen LogP contribution in [0.15, 0.2) is 30.4 Å². The first-order chi connectivity index (χ1) is 9.74. The Bertz CT molecular complexity index is 684. The molecule has 3 nitrogen and oxygen atoms in total. The van der Waals surface area contributed by atoms with E-state index >= 15 is 0 Å². The molecule has 0 atom stereocenters. The van der Waals surface area contributed by atoms with Crippen LogP contribution in [-0.4, -0.2) is 16.6 Å². The number of fused-ring (bicyclic) bond motifs is 1. The Morgan fingerprint density at radius 3 is 2.48 bits per heavy atom. The molecule has 0 saturated carbocycles. The van der Waals surface area contributed by atoms with Crippen molar-refractivity contribution in [3.05, 3.63) is 46.0 Å². The summed E-state index contributed by atoms with van der Waals surface area (Å²) >= 11 is 1.32. The van der Waals surface area contributed by atoms with Crippen molar-refractivity contribution >= 4 is 28.5 Å². The fourth-order valence-corrected chi connectivity index (χ4v) is 3.44. The number of rotatable bonds is 2. The van der Waals surface area contributed by atoms with E-state index in [1.807, 2.05) is 6.92 Å². The quantitative estimate of drug-likeness (QED) is 0.612. The highest BCUT2D eigenvalue weighted by molar-refractivity contribution is 7.15. The summed E-state index contributed by atoms with van der Waals surface area (Å²) in [6.07, 6.45) is 5.94. The van der Waals surface area contributed by atoms with Crippen molar-refractivity contribution in [3.8, 4) is 0 Å². The van der Waals surface area contributed by atoms with Crippen LogP contribution in [0.5, 0.6) is 0 Å². The van der Waals surface area contributed by atoms with Crippen molar-refractivity contribution in [2.45, 2.75) is 34.1 Å². The number of Topliss-reactive ketones (excluding diaryl/α,β-unsaturated/α-hetero) is 2. The van der Waals surface area contributed by atoms with Gasteiger partial charge in [-0.05, 0) is 12.3 Å². The molecule has 110 valence electrons. The largest absolute Gasteiger partial charge is 0.285 e. The van der Waals surface area contributed by atoms with Crippen LogP contribution >= 0.6 is 11.3 Å². The molecule has 0 saturated heterocycles. The number of carbonyl (C=O) groups excluding carboxylic acids is 2. The summed E-state index contributed by atoms with van der Waals surface area (Å²) in [5, 5.41) is 0.877. The Morgan fingerprint density at radius 1 is 1.24 bits per heavy atom. The summed E-state index contributed by atoms with van der Waals surface area (Å²) in [5.74, 6) is -0.956. The zero-order valence-corrected chi connectivity index (χ0v) is 13.6. The van der Waals surface area contributed by atoms with E-state index in [-0.39, 0.29) is 5.41 Å². The molecule has 0 spiro atoms. The maximum atomic E-state index is 12.2. The van der Waals surface area contributed by atoms with Gasteiger partial charge in [0.2, 0.25) is 11.6 Å². The minimum Gasteiger partial charge on any atom is -0.285 e. The van der Waals surface area contributed by atoms with Crippen molar-refractivity contribution in [1.29, 1.82) is 0 Å². The second kappa shape index (κ2) is 5.53. The minimum absolute atomic E-state index is 0.0818. The maximum Gasteiger partial charge on any atom is 0.245 e. The molecule has 1 aliphatic rings. The predicted molar refractivity (Wildman–Crippen MR) is 86.5 cm³/mol. The topological polar surface area (TPSA) is 47.0 Å². The van der Waals surface area contributed by atoms with Crippen LogP contribution in [0.4, 0.5) is 0 Å². The lowest BCUT2D eigenvalue weighted by molar-refractivity contribution is -0.111. The van der Waals surface area contributed by atoms with Gasteiger partial charge in [-0.1, -0.05) is 45.6 Å². The molecule has 0 amide bonds. The van der Waals surface area contributed by atoms with Crippen LogP contribution in [-0.2, 0) is 11.2 Å². The van der Waals surface area contributed by atoms with Crippen molar-refractivity contribution < 1.29 is 9.59 Å². The number of ketones is 2. The molecule has 0 N–H and O–H groups in total. The van der Waals surface area contributed by atoms with Crippen molar-refractivity contribution in [2.75, 3.05) is 0 Å². The summed E-state index contributed by atoms with van der Waals surface area (Å²) in [4.78, 5) is 29.4. The lowest BCUT2D eigenvalue weighted by atomic mass is 9.89. The maximum absolute atomic E-state index is 12.2. The Labute approximate surface area is 129 Å². The predicted octanol–water partition coefficient (Wildman–Crippen LogP) is 4.01. The summed E-state index contributed by atoms with van der Waals surface area (Å²) in [5.41, 5.74) is 1.54. The number of nitrogens with zero attached hydrogens (tertiary/aromatic N) is 1. The summed E-state index contributed by atoms with van der Waals surface area (Å²) in [6, 6.07) is 0. The highest BCUT2D eigenvalue weighted by atomic mass is 32.1. The third kappa shape index (κ3) is 3.10. The minimum atomic E-state index is -0.489. The molecule has 2 rings (SSSR count). The Hall–Kier alpha value is -1.81. The molecule has 1 heterocycles. The van der Waals surface area contributed by atoms with E-state index in [9.17, 15) is 9.59 Å². The first-order valence-electron chi connectivity index (χ1n) is 6.86. The Balaban J connectivity index is 2.49. The van der Waals surface area contributed by atoms with Crippen LogP contribution in [0, 0.1) is 5.41 Å². The van der Waals surface area contributed by atoms with E-state index in [0.29, 0.717) is 21.7 Å². The van der Waals surface area contributed by atoms with Gasteiger partial charge >= 0.3 is 0 Å². The van der Waals surface area contributed by atoms with E-state index in [1.54, 1.807) is 18.2 Å². The zero-order chi connectivity index (χ0) is 15.8. The molecule has 0 radical (unpaired) electrons. The second-order valence-electron chi connectivity index (χ2n) is 6.27. The third-order valence-corrected chi connectivity index (χ3v) is 4.13. The van der Waals surface area contributed by atoms with Gasteiger partial charge in [-0.25, -0.2) is 4.98 Å². The monoisotopic (exact) mass is 301 g/mol. The van der Waals surface area contributed by atoms with Gasteiger partial charge in [0.25, 0.3) is 0 Å². The molecular formula is C17H19NO2S. The van der Waals surface area contributed by atoms with Gasteiger partial charge in [-0.15, -0.1) is 11.3 Å². The van der Waals surface area contributed by atoms with Crippen LogP contribution in [0.25, 0.3) is 5.57 Å². The standard InChI is InChI=1S/C17H19NO2S/c1-6-7-8-11-10(2)13-16(15(20)14(11)19)21-12(18-13)9-17(3,4)5/h6-8H,2,9H2,1,3-5H3/b7-6-,11-8+. The number of thiazole rings is 1. The smallest absolute Gasteiger partial charge is 0.245 e. The van der Waals surface area contributed by atoms with Gasteiger partial charge in [0.15, 0.2) is 0 Å². The molecule has 0 aromatic carbocycles. The van der Waals surface area contributed by atoms with E-state index in [1.165, 1.54) is 11.3 Å². The first-order valence-corrected chi connectivity index (χ1v) is 7.67. The molecule has 1 aliphatic carbocycles. The molecule has 1 aromatic rings. The first kappa shape index (κ1) is 15.6. The molecule has 0 fully saturated rings. The number of allylic oxidation sites excluding steroid dienone is 5. The normalized spacial score (nSPS) is 17.9. The van der Waals surface area contributed by atoms with E-state index in [4.69, 9.17) is 0 Å². The average Bonchev–Trinajstić information content (AvgIpc) is 2.78. The van der Waals surface area contributed by atoms with Gasteiger partial charge in [0.1, 0.15) is 4.88 Å². The number of carbonyl (C=O) groups is 2. The van der Waals surface area contributed by atoms with Gasteiger partial charge in [-0.3, -0.25) is 9.59 Å². The lowest BCUT2D eigenvalue weighted by Gasteiger charge is -2.15. The van der Waals surface area contributed by atoms with Gasteiger partial charge in [0, 0.05) is 17.6 Å². The van der Waals surface area contributed by atoms with Crippen LogP contribution in [0.1, 0.15) is 48.1 Å². The molecule has 0 bridgehead atoms. The van der Waals surface area contributed by atoms with Crippen LogP contribution in [0.3, 0.4) is 0 Å². The fraction of sp³-hybridized carbons (Fsp3) is 0.353. The second-order valence-corrected chi connectivity index (χ2v) is 7.35. The van der Waals surface area contributed by atoms with E-state index in [2.05, 4.69) is 32.3 Å². The molecule has 0 aliphatic heterocycles. The number of hydrogen-bond donors (Lipinski definition) is 0. The molecule has 0 unspecified atom stereocenters. The van der Waals surface area contributed by atoms with Crippen molar-refractivity contribution in [1.82, 2.24) is 4.98 Å². The SMILES string of the molecule is C=C1/C(=C\C=C/C)C(=O)C(=O)c2sc(CC(C)(C)C)nc21. The zero-order valence-electron chi connectivity index (χ0n) is 12.8. The van der Waals surface area contributed by atoms with Gasteiger partial charge < -0.3 is 0 Å². The highest BCUT2D eigenvalue weighted by Gasteiger charge is 2.35. The summed E-state index contributed by atoms with van der Waals surface area (Å²) < 4.78 is 0. The Morgan fingerprint density at radius 2 is 1.90 bits per heavy atom. The van der Waals surface area contributed by atoms with E-state index in [0.717, 1.165) is 11.4 Å². The average molecular weight is 301 g/mol. The number of aromatic nitrogens is 1. The Kier molecular flexibility index (Phi) is 4.10. The summed E-state index contributed by atoms with van der Waals surface area (Å²) in [7, 11) is 0. The molecule has 21 heavy (non-hydrogen) atoms. The number of hydrogen-bond acceptors (Lipinski definition) is 4. The third-order valence-electron chi connectivity index (χ3n) is 3.08. The van der Waals surface area contributed by atoms with Crippen LogP contribution in [0.2, 0.25) is 0 Å². The summed E-state index contributed by atoms with van der Waals surface area (Å²) in [6.45, 7) is 12.2. The molecule has 1 aromatic heterocycles. The lowest BCUT2D eigenvalue weighted by Crippen LogP contribution is -2.22. The van der Waals surface area contributed by atoms with Crippen molar-refractivity contribution in [2.24, 2.45) is 5.41 Å². The molecular weight excluding hydrogens is 282 g/mol. The van der Waals surface area contributed by atoms with Crippen LogP contribution < -0.4 is 0 Å². The van der Waals surface area contributed by atoms with Crippen molar-refractivity contribution in [3.63, 3.8) is 0 Å². The van der Waals surface area contributed by atoms with E-state index < -0.39 is 11.6 Å². The molecule has 4 heteroatoms. The highest BCUT2D eigenvalue weighted by Crippen LogP contribution is 2.36. The fourth-order valence-electron chi connectivity index (χ4n) is 2.11.